The van der Waals surface area contributed by atoms with Crippen LogP contribution in [0, 0.1) is 5.82 Å². The summed E-state index contributed by atoms with van der Waals surface area (Å²) < 4.78 is 18.5. The van der Waals surface area contributed by atoms with Crippen LogP contribution in [0.4, 0.5) is 4.39 Å². The summed E-state index contributed by atoms with van der Waals surface area (Å²) in [6.07, 6.45) is 3.04. The lowest BCUT2D eigenvalue weighted by molar-refractivity contribution is 0.228. The van der Waals surface area contributed by atoms with E-state index in [4.69, 9.17) is 4.52 Å². The molecule has 0 radical (unpaired) electrons. The van der Waals surface area contributed by atoms with Gasteiger partial charge in [-0.1, -0.05) is 37.6 Å². The second kappa shape index (κ2) is 7.88. The van der Waals surface area contributed by atoms with Crippen molar-refractivity contribution in [3.63, 3.8) is 0 Å². The van der Waals surface area contributed by atoms with Crippen LogP contribution in [0.2, 0.25) is 0 Å². The van der Waals surface area contributed by atoms with Gasteiger partial charge in [-0.3, -0.25) is 4.90 Å². The van der Waals surface area contributed by atoms with Gasteiger partial charge in [-0.15, -0.1) is 0 Å². The van der Waals surface area contributed by atoms with Gasteiger partial charge in [-0.25, -0.2) is 4.39 Å². The van der Waals surface area contributed by atoms with E-state index in [1.165, 1.54) is 6.07 Å². The van der Waals surface area contributed by atoms with Crippen molar-refractivity contribution in [3.8, 4) is 0 Å². The van der Waals surface area contributed by atoms with Crippen molar-refractivity contribution in [1.29, 1.82) is 0 Å². The first kappa shape index (κ1) is 15.6. The maximum Gasteiger partial charge on any atom is 0.240 e. The highest BCUT2D eigenvalue weighted by Crippen LogP contribution is 2.11. The topological polar surface area (TPSA) is 42.2 Å². The van der Waals surface area contributed by atoms with Crippen molar-refractivity contribution >= 4 is 0 Å². The van der Waals surface area contributed by atoms with Crippen molar-refractivity contribution < 1.29 is 8.91 Å². The Balaban J connectivity index is 1.94. The molecular formula is C16H22FN3O. The van der Waals surface area contributed by atoms with Crippen molar-refractivity contribution in [1.82, 2.24) is 15.0 Å². The fourth-order valence-corrected chi connectivity index (χ4v) is 2.16. The SMILES string of the molecule is CCCCc1noc(CN(CC)Cc2cccc(F)c2)n1. The first-order chi connectivity index (χ1) is 10.2. The number of aryl methyl sites for hydroxylation is 1. The minimum Gasteiger partial charge on any atom is -0.338 e. The summed E-state index contributed by atoms with van der Waals surface area (Å²) in [7, 11) is 0. The predicted molar refractivity (Wildman–Crippen MR) is 79.1 cm³/mol. The van der Waals surface area contributed by atoms with Crippen molar-refractivity contribution in [2.75, 3.05) is 6.54 Å². The molecule has 0 saturated carbocycles. The van der Waals surface area contributed by atoms with Crippen molar-refractivity contribution in [2.45, 2.75) is 46.2 Å². The van der Waals surface area contributed by atoms with Crippen LogP contribution in [0.15, 0.2) is 28.8 Å². The Morgan fingerprint density at radius 1 is 1.24 bits per heavy atom. The van der Waals surface area contributed by atoms with E-state index in [0.29, 0.717) is 19.0 Å². The molecule has 0 spiro atoms. The molecule has 1 aromatic heterocycles. The average molecular weight is 291 g/mol. The van der Waals surface area contributed by atoms with Crippen LogP contribution in [-0.4, -0.2) is 21.6 Å². The molecule has 1 aromatic carbocycles. The van der Waals surface area contributed by atoms with Crippen LogP contribution in [0.1, 0.15) is 44.0 Å². The van der Waals surface area contributed by atoms with Crippen LogP contribution in [0.3, 0.4) is 0 Å². The van der Waals surface area contributed by atoms with Gasteiger partial charge >= 0.3 is 0 Å². The maximum atomic E-state index is 13.2. The molecule has 0 amide bonds. The lowest BCUT2D eigenvalue weighted by Crippen LogP contribution is -2.22. The molecular weight excluding hydrogens is 269 g/mol. The van der Waals surface area contributed by atoms with E-state index in [0.717, 1.165) is 37.2 Å². The minimum absolute atomic E-state index is 0.205. The molecule has 0 aliphatic rings. The lowest BCUT2D eigenvalue weighted by Gasteiger charge is -2.18. The average Bonchev–Trinajstić information content (AvgIpc) is 2.92. The Bertz CT molecular complexity index is 556. The highest BCUT2D eigenvalue weighted by molar-refractivity contribution is 5.16. The van der Waals surface area contributed by atoms with E-state index in [-0.39, 0.29) is 5.82 Å². The number of rotatable bonds is 8. The highest BCUT2D eigenvalue weighted by atomic mass is 19.1. The van der Waals surface area contributed by atoms with E-state index >= 15 is 0 Å². The summed E-state index contributed by atoms with van der Waals surface area (Å²) in [6.45, 7) is 6.29. The molecule has 0 unspecified atom stereocenters. The largest absolute Gasteiger partial charge is 0.338 e. The van der Waals surface area contributed by atoms with Crippen molar-refractivity contribution in [2.24, 2.45) is 0 Å². The highest BCUT2D eigenvalue weighted by Gasteiger charge is 2.11. The fourth-order valence-electron chi connectivity index (χ4n) is 2.16. The summed E-state index contributed by atoms with van der Waals surface area (Å²) in [5, 5.41) is 3.99. The summed E-state index contributed by atoms with van der Waals surface area (Å²) in [6, 6.07) is 6.67. The fraction of sp³-hybridized carbons (Fsp3) is 0.500. The summed E-state index contributed by atoms with van der Waals surface area (Å²) >= 11 is 0. The van der Waals surface area contributed by atoms with E-state index in [1.807, 2.05) is 6.07 Å². The number of aromatic nitrogens is 2. The van der Waals surface area contributed by atoms with Crippen LogP contribution >= 0.6 is 0 Å². The monoisotopic (exact) mass is 291 g/mol. The maximum absolute atomic E-state index is 13.2. The second-order valence-electron chi connectivity index (χ2n) is 5.14. The molecule has 2 rings (SSSR count). The molecule has 0 N–H and O–H groups in total. The van der Waals surface area contributed by atoms with Gasteiger partial charge in [0.25, 0.3) is 0 Å². The third kappa shape index (κ3) is 4.93. The summed E-state index contributed by atoms with van der Waals surface area (Å²) in [4.78, 5) is 6.55. The standard InChI is InChI=1S/C16H22FN3O/c1-3-5-9-15-18-16(21-19-15)12-20(4-2)11-13-7-6-8-14(17)10-13/h6-8,10H,3-5,9,11-12H2,1-2H3. The van der Waals surface area contributed by atoms with E-state index < -0.39 is 0 Å². The molecule has 5 heteroatoms. The Labute approximate surface area is 125 Å². The zero-order chi connectivity index (χ0) is 15.1. The van der Waals surface area contributed by atoms with E-state index in [2.05, 4.69) is 28.9 Å². The van der Waals surface area contributed by atoms with Gasteiger partial charge < -0.3 is 4.52 Å². The molecule has 0 aliphatic carbocycles. The molecule has 0 saturated heterocycles. The first-order valence-electron chi connectivity index (χ1n) is 7.49. The Kier molecular flexibility index (Phi) is 5.87. The molecule has 0 aliphatic heterocycles. The summed E-state index contributed by atoms with van der Waals surface area (Å²) in [5.41, 5.74) is 0.947. The minimum atomic E-state index is -0.205. The molecule has 2 aromatic rings. The Morgan fingerprint density at radius 2 is 2.10 bits per heavy atom. The van der Waals surface area contributed by atoms with Crippen LogP contribution in [-0.2, 0) is 19.5 Å². The van der Waals surface area contributed by atoms with Gasteiger partial charge in [0, 0.05) is 13.0 Å². The predicted octanol–water partition coefficient (Wildman–Crippen LogP) is 3.57. The van der Waals surface area contributed by atoms with Gasteiger partial charge in [0.05, 0.1) is 6.54 Å². The smallest absolute Gasteiger partial charge is 0.240 e. The molecule has 4 nitrogen and oxygen atoms in total. The third-order valence-electron chi connectivity index (χ3n) is 3.37. The number of hydrogen-bond donors (Lipinski definition) is 0. The second-order valence-corrected chi connectivity index (χ2v) is 5.14. The molecule has 21 heavy (non-hydrogen) atoms. The first-order valence-corrected chi connectivity index (χ1v) is 7.49. The van der Waals surface area contributed by atoms with E-state index in [9.17, 15) is 4.39 Å². The normalized spacial score (nSPS) is 11.2. The number of benzene rings is 1. The number of hydrogen-bond acceptors (Lipinski definition) is 4. The summed E-state index contributed by atoms with van der Waals surface area (Å²) in [5.74, 6) is 1.19. The lowest BCUT2D eigenvalue weighted by atomic mass is 10.2. The Hall–Kier alpha value is -1.75. The number of nitrogens with zero attached hydrogens (tertiary/aromatic N) is 3. The van der Waals surface area contributed by atoms with Gasteiger partial charge in [-0.2, -0.15) is 4.98 Å². The van der Waals surface area contributed by atoms with Crippen LogP contribution in [0.25, 0.3) is 0 Å². The molecule has 0 atom stereocenters. The van der Waals surface area contributed by atoms with Crippen LogP contribution < -0.4 is 0 Å². The van der Waals surface area contributed by atoms with Gasteiger partial charge in [-0.05, 0) is 30.7 Å². The molecule has 0 bridgehead atoms. The van der Waals surface area contributed by atoms with E-state index in [1.54, 1.807) is 12.1 Å². The Morgan fingerprint density at radius 3 is 2.81 bits per heavy atom. The van der Waals surface area contributed by atoms with Gasteiger partial charge in [0.15, 0.2) is 5.82 Å². The quantitative estimate of drug-likeness (QED) is 0.745. The van der Waals surface area contributed by atoms with Gasteiger partial charge in [0.1, 0.15) is 5.82 Å². The van der Waals surface area contributed by atoms with Gasteiger partial charge in [0.2, 0.25) is 5.89 Å². The van der Waals surface area contributed by atoms with Crippen molar-refractivity contribution in [3.05, 3.63) is 47.4 Å². The number of unbranched alkanes of at least 4 members (excludes halogenated alkanes) is 1. The molecule has 114 valence electrons. The third-order valence-corrected chi connectivity index (χ3v) is 3.37. The molecule has 1 heterocycles. The zero-order valence-electron chi connectivity index (χ0n) is 12.7. The number of halogens is 1. The molecule has 0 fully saturated rings. The zero-order valence-corrected chi connectivity index (χ0v) is 12.7. The van der Waals surface area contributed by atoms with Crippen LogP contribution in [0.5, 0.6) is 0 Å².